The summed E-state index contributed by atoms with van der Waals surface area (Å²) in [4.78, 5) is 0. The third-order valence-corrected chi connectivity index (χ3v) is 3.24. The minimum Gasteiger partial charge on any atom is -0.465 e. The van der Waals surface area contributed by atoms with Crippen molar-refractivity contribution in [2.24, 2.45) is 0 Å². The molecule has 2 aromatic carbocycles. The van der Waals surface area contributed by atoms with Gasteiger partial charge in [-0.15, -0.1) is 0 Å². The standard InChI is InChI=1S/C14H14O2/c1-9-8-13(15)16-12-7-6-10-4-2-3-5-11(10)14(9)12/h2-7,9,13,15H,8H2,1H3. The van der Waals surface area contributed by atoms with Crippen molar-refractivity contribution in [3.05, 3.63) is 42.0 Å². The first-order chi connectivity index (χ1) is 7.75. The van der Waals surface area contributed by atoms with Crippen LogP contribution < -0.4 is 4.74 Å². The highest BCUT2D eigenvalue weighted by Crippen LogP contribution is 2.40. The summed E-state index contributed by atoms with van der Waals surface area (Å²) in [5.41, 5.74) is 1.23. The minimum atomic E-state index is -0.663. The van der Waals surface area contributed by atoms with Crippen molar-refractivity contribution < 1.29 is 9.84 Å². The molecular formula is C14H14O2. The van der Waals surface area contributed by atoms with Gasteiger partial charge in [0.05, 0.1) is 0 Å². The molecule has 0 saturated carbocycles. The van der Waals surface area contributed by atoms with Crippen LogP contribution in [0.25, 0.3) is 10.8 Å². The zero-order chi connectivity index (χ0) is 11.1. The number of hydrogen-bond acceptors (Lipinski definition) is 2. The molecule has 2 nitrogen and oxygen atoms in total. The van der Waals surface area contributed by atoms with E-state index in [1.165, 1.54) is 16.3 Å². The van der Waals surface area contributed by atoms with E-state index < -0.39 is 6.29 Å². The summed E-state index contributed by atoms with van der Waals surface area (Å²) < 4.78 is 5.47. The van der Waals surface area contributed by atoms with Crippen molar-refractivity contribution in [2.45, 2.75) is 25.6 Å². The Hall–Kier alpha value is -1.54. The molecule has 2 heteroatoms. The molecule has 0 amide bonds. The van der Waals surface area contributed by atoms with Gasteiger partial charge in [0.1, 0.15) is 5.75 Å². The third kappa shape index (κ3) is 1.38. The fourth-order valence-electron chi connectivity index (χ4n) is 2.50. The van der Waals surface area contributed by atoms with Gasteiger partial charge in [0.2, 0.25) is 0 Å². The van der Waals surface area contributed by atoms with E-state index in [4.69, 9.17) is 4.74 Å². The SMILES string of the molecule is CC1CC(O)Oc2ccc3ccccc3c21. The predicted octanol–water partition coefficient (Wildman–Crippen LogP) is 3.04. The van der Waals surface area contributed by atoms with Crippen LogP contribution in [0.5, 0.6) is 5.75 Å². The third-order valence-electron chi connectivity index (χ3n) is 3.24. The molecule has 2 atom stereocenters. The van der Waals surface area contributed by atoms with Gasteiger partial charge in [0.25, 0.3) is 0 Å². The van der Waals surface area contributed by atoms with Gasteiger partial charge in [-0.3, -0.25) is 0 Å². The first kappa shape index (κ1) is 9.67. The Bertz CT molecular complexity index is 533. The second-order valence-corrected chi connectivity index (χ2v) is 4.41. The van der Waals surface area contributed by atoms with Gasteiger partial charge in [-0.05, 0) is 22.8 Å². The Kier molecular flexibility index (Phi) is 2.11. The molecule has 1 N–H and O–H groups in total. The first-order valence-corrected chi connectivity index (χ1v) is 5.62. The van der Waals surface area contributed by atoms with Crippen LogP contribution in [-0.4, -0.2) is 11.4 Å². The van der Waals surface area contributed by atoms with Crippen LogP contribution in [0.3, 0.4) is 0 Å². The summed E-state index contributed by atoms with van der Waals surface area (Å²) in [6.45, 7) is 2.14. The summed E-state index contributed by atoms with van der Waals surface area (Å²) in [6, 6.07) is 12.3. The molecule has 1 aliphatic rings. The predicted molar refractivity (Wildman–Crippen MR) is 63.6 cm³/mol. The number of rotatable bonds is 0. The van der Waals surface area contributed by atoms with Crippen LogP contribution in [-0.2, 0) is 0 Å². The lowest BCUT2D eigenvalue weighted by molar-refractivity contribution is -0.0371. The molecule has 0 spiro atoms. The van der Waals surface area contributed by atoms with Crippen molar-refractivity contribution in [2.75, 3.05) is 0 Å². The molecule has 1 aliphatic heterocycles. The fourth-order valence-corrected chi connectivity index (χ4v) is 2.50. The number of hydrogen-bond donors (Lipinski definition) is 1. The number of aliphatic hydroxyl groups is 1. The molecule has 2 unspecified atom stereocenters. The Labute approximate surface area is 94.5 Å². The molecule has 0 aliphatic carbocycles. The first-order valence-electron chi connectivity index (χ1n) is 5.62. The molecule has 0 bridgehead atoms. The zero-order valence-electron chi connectivity index (χ0n) is 9.18. The van der Waals surface area contributed by atoms with Crippen LogP contribution in [0.2, 0.25) is 0 Å². The van der Waals surface area contributed by atoms with Gasteiger partial charge in [-0.25, -0.2) is 0 Å². The van der Waals surface area contributed by atoms with Crippen molar-refractivity contribution in [3.8, 4) is 5.75 Å². The van der Waals surface area contributed by atoms with Crippen LogP contribution in [0.15, 0.2) is 36.4 Å². The lowest BCUT2D eigenvalue weighted by Gasteiger charge is -2.28. The Morgan fingerprint density at radius 2 is 2.00 bits per heavy atom. The second kappa shape index (κ2) is 3.49. The highest BCUT2D eigenvalue weighted by molar-refractivity contribution is 5.88. The Morgan fingerprint density at radius 1 is 1.19 bits per heavy atom. The van der Waals surface area contributed by atoms with Crippen LogP contribution >= 0.6 is 0 Å². The molecule has 0 radical (unpaired) electrons. The fraction of sp³-hybridized carbons (Fsp3) is 0.286. The van der Waals surface area contributed by atoms with Crippen molar-refractivity contribution in [3.63, 3.8) is 0 Å². The van der Waals surface area contributed by atoms with Crippen molar-refractivity contribution >= 4 is 10.8 Å². The van der Waals surface area contributed by atoms with Crippen LogP contribution in [0, 0.1) is 0 Å². The molecule has 0 fully saturated rings. The molecular weight excluding hydrogens is 200 g/mol. The average Bonchev–Trinajstić information content (AvgIpc) is 2.28. The summed E-state index contributed by atoms with van der Waals surface area (Å²) >= 11 is 0. The number of benzene rings is 2. The molecule has 16 heavy (non-hydrogen) atoms. The van der Waals surface area contributed by atoms with Crippen LogP contribution in [0.1, 0.15) is 24.8 Å². The van der Waals surface area contributed by atoms with Crippen LogP contribution in [0.4, 0.5) is 0 Å². The van der Waals surface area contributed by atoms with Gasteiger partial charge in [0, 0.05) is 12.0 Å². The molecule has 1 heterocycles. The second-order valence-electron chi connectivity index (χ2n) is 4.41. The highest BCUT2D eigenvalue weighted by Gasteiger charge is 2.25. The number of aliphatic hydroxyl groups excluding tert-OH is 1. The van der Waals surface area contributed by atoms with E-state index in [9.17, 15) is 5.11 Å². The lowest BCUT2D eigenvalue weighted by Crippen LogP contribution is -2.24. The highest BCUT2D eigenvalue weighted by atomic mass is 16.6. The summed E-state index contributed by atoms with van der Waals surface area (Å²) in [5, 5.41) is 12.0. The van der Waals surface area contributed by atoms with Gasteiger partial charge in [-0.2, -0.15) is 0 Å². The lowest BCUT2D eigenvalue weighted by atomic mass is 9.89. The van der Waals surface area contributed by atoms with E-state index in [-0.39, 0.29) is 0 Å². The van der Waals surface area contributed by atoms with E-state index in [2.05, 4.69) is 19.1 Å². The van der Waals surface area contributed by atoms with E-state index in [0.29, 0.717) is 12.3 Å². The Morgan fingerprint density at radius 3 is 2.88 bits per heavy atom. The van der Waals surface area contributed by atoms with E-state index in [1.54, 1.807) is 0 Å². The largest absolute Gasteiger partial charge is 0.465 e. The maximum Gasteiger partial charge on any atom is 0.197 e. The number of fused-ring (bicyclic) bond motifs is 3. The normalized spacial score (nSPS) is 23.9. The van der Waals surface area contributed by atoms with Gasteiger partial charge in [-0.1, -0.05) is 37.3 Å². The van der Waals surface area contributed by atoms with Crippen molar-refractivity contribution in [1.29, 1.82) is 0 Å². The van der Waals surface area contributed by atoms with E-state index >= 15 is 0 Å². The number of ether oxygens (including phenoxy) is 1. The topological polar surface area (TPSA) is 29.5 Å². The molecule has 3 rings (SSSR count). The maximum atomic E-state index is 9.58. The van der Waals surface area contributed by atoms with Gasteiger partial charge >= 0.3 is 0 Å². The van der Waals surface area contributed by atoms with Crippen molar-refractivity contribution in [1.82, 2.24) is 0 Å². The minimum absolute atomic E-state index is 0.338. The smallest absolute Gasteiger partial charge is 0.197 e. The average molecular weight is 214 g/mol. The molecule has 0 saturated heterocycles. The molecule has 82 valence electrons. The molecule has 0 aromatic heterocycles. The summed E-state index contributed by atoms with van der Waals surface area (Å²) in [7, 11) is 0. The summed E-state index contributed by atoms with van der Waals surface area (Å²) in [6.07, 6.45) is 0.00439. The van der Waals surface area contributed by atoms with Gasteiger partial charge < -0.3 is 9.84 Å². The van der Waals surface area contributed by atoms with E-state index in [0.717, 1.165) is 5.75 Å². The molecule has 2 aromatic rings. The monoisotopic (exact) mass is 214 g/mol. The quantitative estimate of drug-likeness (QED) is 0.730. The summed E-state index contributed by atoms with van der Waals surface area (Å²) in [5.74, 6) is 1.16. The van der Waals surface area contributed by atoms with E-state index in [1.807, 2.05) is 24.3 Å². The zero-order valence-corrected chi connectivity index (χ0v) is 9.18. The maximum absolute atomic E-state index is 9.58. The van der Waals surface area contributed by atoms with Gasteiger partial charge in [0.15, 0.2) is 6.29 Å². The Balaban J connectivity index is 2.29.